The smallest absolute Gasteiger partial charge is 0.223 e. The highest BCUT2D eigenvalue weighted by Gasteiger charge is 2.29. The Labute approximate surface area is 93.8 Å². The minimum Gasteiger partial charge on any atom is -0.336 e. The van der Waals surface area contributed by atoms with E-state index >= 15 is 0 Å². The number of carbonyl (C=O) groups is 1. The fourth-order valence-corrected chi connectivity index (χ4v) is 2.06. The highest BCUT2D eigenvalue weighted by atomic mass is 35.5. The molecule has 1 aromatic rings. The molecular weight excluding hydrogens is 214 g/mol. The van der Waals surface area contributed by atoms with Gasteiger partial charge in [0, 0.05) is 32.1 Å². The second kappa shape index (κ2) is 4.23. The number of hydrogen-bond donors (Lipinski definition) is 0. The lowest BCUT2D eigenvalue weighted by molar-refractivity contribution is -0.128. The van der Waals surface area contributed by atoms with Crippen LogP contribution in [0.2, 0.25) is 0 Å². The van der Waals surface area contributed by atoms with E-state index in [4.69, 9.17) is 11.6 Å². The average Bonchev–Trinajstić information content (AvgIpc) is 2.75. The Hall–Kier alpha value is -1.03. The first-order chi connectivity index (χ1) is 7.19. The number of amides is 1. The van der Waals surface area contributed by atoms with E-state index in [1.807, 2.05) is 24.2 Å². The predicted molar refractivity (Wildman–Crippen MR) is 57.5 cm³/mol. The Bertz CT molecular complexity index is 363. The molecule has 2 heterocycles. The molecule has 0 saturated carbocycles. The summed E-state index contributed by atoms with van der Waals surface area (Å²) in [4.78, 5) is 13.4. The first kappa shape index (κ1) is 10.5. The van der Waals surface area contributed by atoms with Crippen molar-refractivity contribution in [1.82, 2.24) is 14.7 Å². The van der Waals surface area contributed by atoms with Crippen molar-refractivity contribution in [3.63, 3.8) is 0 Å². The van der Waals surface area contributed by atoms with Gasteiger partial charge in [0.25, 0.3) is 0 Å². The largest absolute Gasteiger partial charge is 0.336 e. The van der Waals surface area contributed by atoms with Crippen LogP contribution < -0.4 is 0 Å². The molecule has 0 radical (unpaired) electrons. The van der Waals surface area contributed by atoms with Gasteiger partial charge in [-0.1, -0.05) is 0 Å². The number of halogens is 1. The number of hydrogen-bond acceptors (Lipinski definition) is 2. The molecule has 82 valence electrons. The summed E-state index contributed by atoms with van der Waals surface area (Å²) in [5.74, 6) is 1.05. The molecule has 0 aliphatic carbocycles. The van der Waals surface area contributed by atoms with Crippen molar-refractivity contribution in [3.05, 3.63) is 18.0 Å². The second-order valence-electron chi connectivity index (χ2n) is 3.98. The third-order valence-electron chi connectivity index (χ3n) is 2.63. The molecule has 0 spiro atoms. The summed E-state index contributed by atoms with van der Waals surface area (Å²) in [6.07, 6.45) is 2.46. The van der Waals surface area contributed by atoms with Crippen LogP contribution in [0.15, 0.2) is 12.3 Å². The summed E-state index contributed by atoms with van der Waals surface area (Å²) in [6.45, 7) is 1.37. The van der Waals surface area contributed by atoms with Crippen molar-refractivity contribution >= 4 is 17.5 Å². The Kier molecular flexibility index (Phi) is 2.95. The Morgan fingerprint density at radius 2 is 2.47 bits per heavy atom. The second-order valence-corrected chi connectivity index (χ2v) is 4.29. The molecule has 1 aromatic heterocycles. The molecule has 1 aliphatic rings. The van der Waals surface area contributed by atoms with E-state index in [1.54, 1.807) is 4.68 Å². The van der Waals surface area contributed by atoms with E-state index < -0.39 is 0 Å². The van der Waals surface area contributed by atoms with Crippen LogP contribution in [-0.4, -0.2) is 33.0 Å². The van der Waals surface area contributed by atoms with Crippen molar-refractivity contribution in [2.75, 3.05) is 12.4 Å². The van der Waals surface area contributed by atoms with E-state index in [-0.39, 0.29) is 5.91 Å². The number of rotatable bonds is 3. The lowest BCUT2D eigenvalue weighted by atomic mass is 10.1. The molecule has 0 aromatic carbocycles. The fourth-order valence-electron chi connectivity index (χ4n) is 1.85. The van der Waals surface area contributed by atoms with E-state index in [2.05, 4.69) is 5.10 Å². The molecule has 5 heteroatoms. The molecule has 4 nitrogen and oxygen atoms in total. The highest BCUT2D eigenvalue weighted by Crippen LogP contribution is 2.20. The zero-order valence-corrected chi connectivity index (χ0v) is 9.44. The molecule has 1 fully saturated rings. The van der Waals surface area contributed by atoms with Gasteiger partial charge in [0.15, 0.2) is 0 Å². The van der Waals surface area contributed by atoms with E-state index in [1.165, 1.54) is 0 Å². The average molecular weight is 228 g/mol. The van der Waals surface area contributed by atoms with Gasteiger partial charge in [-0.15, -0.1) is 11.6 Å². The molecule has 1 saturated heterocycles. The number of aromatic nitrogens is 2. The predicted octanol–water partition coefficient (Wildman–Crippen LogP) is 1.01. The minimum absolute atomic E-state index is 0.186. The van der Waals surface area contributed by atoms with Crippen LogP contribution in [0.25, 0.3) is 0 Å². The van der Waals surface area contributed by atoms with Crippen molar-refractivity contribution in [1.29, 1.82) is 0 Å². The first-order valence-corrected chi connectivity index (χ1v) is 5.54. The van der Waals surface area contributed by atoms with Gasteiger partial charge < -0.3 is 4.90 Å². The molecule has 1 unspecified atom stereocenters. The van der Waals surface area contributed by atoms with E-state index in [9.17, 15) is 4.79 Å². The summed E-state index contributed by atoms with van der Waals surface area (Å²) < 4.78 is 1.74. The summed E-state index contributed by atoms with van der Waals surface area (Å²) in [6, 6.07) is 1.93. The number of nitrogens with zero attached hydrogens (tertiary/aromatic N) is 3. The van der Waals surface area contributed by atoms with Gasteiger partial charge in [-0.3, -0.25) is 9.48 Å². The molecule has 0 bridgehead atoms. The SMILES string of the molecule is Cn1ccc(CN2CC(CCl)CC2=O)n1. The van der Waals surface area contributed by atoms with Crippen molar-refractivity contribution in [2.24, 2.45) is 13.0 Å². The van der Waals surface area contributed by atoms with Crippen LogP contribution in [0.3, 0.4) is 0 Å². The monoisotopic (exact) mass is 227 g/mol. The van der Waals surface area contributed by atoms with Crippen molar-refractivity contribution < 1.29 is 4.79 Å². The normalized spacial score (nSPS) is 21.3. The van der Waals surface area contributed by atoms with Gasteiger partial charge in [-0.05, 0) is 12.0 Å². The van der Waals surface area contributed by atoms with Crippen molar-refractivity contribution in [3.8, 4) is 0 Å². The van der Waals surface area contributed by atoms with Crippen LogP contribution in [0.5, 0.6) is 0 Å². The van der Waals surface area contributed by atoms with Crippen LogP contribution >= 0.6 is 11.6 Å². The van der Waals surface area contributed by atoms with Gasteiger partial charge in [0.2, 0.25) is 5.91 Å². The Morgan fingerprint density at radius 3 is 3.00 bits per heavy atom. The zero-order chi connectivity index (χ0) is 10.8. The quantitative estimate of drug-likeness (QED) is 0.723. The third kappa shape index (κ3) is 2.31. The molecule has 0 N–H and O–H groups in total. The molecular formula is C10H14ClN3O. The van der Waals surface area contributed by atoms with Gasteiger partial charge in [0.05, 0.1) is 12.2 Å². The highest BCUT2D eigenvalue weighted by molar-refractivity contribution is 6.18. The molecule has 1 amide bonds. The maximum absolute atomic E-state index is 11.6. The summed E-state index contributed by atoms with van der Waals surface area (Å²) >= 11 is 5.75. The topological polar surface area (TPSA) is 38.1 Å². The lowest BCUT2D eigenvalue weighted by Crippen LogP contribution is -2.25. The fraction of sp³-hybridized carbons (Fsp3) is 0.600. The van der Waals surface area contributed by atoms with Gasteiger partial charge >= 0.3 is 0 Å². The number of alkyl halides is 1. The maximum atomic E-state index is 11.6. The number of likely N-dealkylation sites (tertiary alicyclic amines) is 1. The standard InChI is InChI=1S/C10H14ClN3O/c1-13-3-2-9(12-13)7-14-6-8(5-11)4-10(14)15/h2-3,8H,4-7H2,1H3. The van der Waals surface area contributed by atoms with Crippen LogP contribution in [0.4, 0.5) is 0 Å². The molecule has 15 heavy (non-hydrogen) atoms. The van der Waals surface area contributed by atoms with E-state index in [0.29, 0.717) is 24.8 Å². The lowest BCUT2D eigenvalue weighted by Gasteiger charge is -2.14. The third-order valence-corrected chi connectivity index (χ3v) is 3.07. The summed E-state index contributed by atoms with van der Waals surface area (Å²) in [5.41, 5.74) is 0.932. The van der Waals surface area contributed by atoms with Gasteiger partial charge in [-0.2, -0.15) is 5.10 Å². The molecule has 1 atom stereocenters. The van der Waals surface area contributed by atoms with Gasteiger partial charge in [-0.25, -0.2) is 0 Å². The summed E-state index contributed by atoms with van der Waals surface area (Å²) in [5, 5.41) is 4.25. The molecule has 1 aliphatic heterocycles. The van der Waals surface area contributed by atoms with Crippen LogP contribution in [0.1, 0.15) is 12.1 Å². The van der Waals surface area contributed by atoms with Gasteiger partial charge in [0.1, 0.15) is 0 Å². The first-order valence-electron chi connectivity index (χ1n) is 5.01. The molecule has 2 rings (SSSR count). The zero-order valence-electron chi connectivity index (χ0n) is 8.69. The number of carbonyl (C=O) groups excluding carboxylic acids is 1. The Morgan fingerprint density at radius 1 is 1.67 bits per heavy atom. The summed E-state index contributed by atoms with van der Waals surface area (Å²) in [7, 11) is 1.87. The number of aryl methyl sites for hydroxylation is 1. The van der Waals surface area contributed by atoms with Crippen LogP contribution in [0, 0.1) is 5.92 Å². The van der Waals surface area contributed by atoms with Crippen LogP contribution in [-0.2, 0) is 18.4 Å². The van der Waals surface area contributed by atoms with E-state index in [0.717, 1.165) is 12.2 Å². The van der Waals surface area contributed by atoms with Crippen molar-refractivity contribution in [2.45, 2.75) is 13.0 Å². The minimum atomic E-state index is 0.186. The maximum Gasteiger partial charge on any atom is 0.223 e. The Balaban J connectivity index is 1.98.